The van der Waals surface area contributed by atoms with Crippen LogP contribution in [0.3, 0.4) is 0 Å². The third kappa shape index (κ3) is 3.14. The van der Waals surface area contributed by atoms with E-state index < -0.39 is 0 Å². The fraction of sp³-hybridized carbons (Fsp3) is 0.231. The van der Waals surface area contributed by atoms with Gasteiger partial charge >= 0.3 is 0 Å². The maximum atomic E-state index is 11.5. The van der Waals surface area contributed by atoms with Crippen LogP contribution in [-0.4, -0.2) is 10.9 Å². The topological polar surface area (TPSA) is 42.0 Å². The highest BCUT2D eigenvalue weighted by molar-refractivity contribution is 7.13. The number of rotatable bonds is 4. The van der Waals surface area contributed by atoms with Gasteiger partial charge in [0.2, 0.25) is 5.91 Å². The van der Waals surface area contributed by atoms with E-state index >= 15 is 0 Å². The number of carbonyl (C=O) groups is 1. The second-order valence-electron chi connectivity index (χ2n) is 3.72. The lowest BCUT2D eigenvalue weighted by molar-refractivity contribution is -0.116. The predicted molar refractivity (Wildman–Crippen MR) is 71.1 cm³/mol. The number of hydrogen-bond acceptors (Lipinski definition) is 3. The van der Waals surface area contributed by atoms with Crippen LogP contribution in [0.25, 0.3) is 10.6 Å². The lowest BCUT2D eigenvalue weighted by atomic mass is 10.2. The number of nitrogens with one attached hydrogen (secondary N) is 1. The summed E-state index contributed by atoms with van der Waals surface area (Å²) >= 11 is 1.59. The van der Waals surface area contributed by atoms with E-state index in [4.69, 9.17) is 0 Å². The van der Waals surface area contributed by atoms with E-state index in [1.54, 1.807) is 17.5 Å². The number of anilines is 1. The van der Waals surface area contributed by atoms with E-state index in [-0.39, 0.29) is 5.91 Å². The molecule has 1 heterocycles. The molecule has 88 valence electrons. The molecule has 17 heavy (non-hydrogen) atoms. The number of carbonyl (C=O) groups excluding carboxylic acids is 1. The zero-order valence-electron chi connectivity index (χ0n) is 9.64. The zero-order chi connectivity index (χ0) is 12.1. The monoisotopic (exact) mass is 246 g/mol. The van der Waals surface area contributed by atoms with Gasteiger partial charge in [-0.15, -0.1) is 11.3 Å². The zero-order valence-corrected chi connectivity index (χ0v) is 10.5. The van der Waals surface area contributed by atoms with Crippen LogP contribution in [0.5, 0.6) is 0 Å². The second kappa shape index (κ2) is 5.59. The Kier molecular flexibility index (Phi) is 3.88. The van der Waals surface area contributed by atoms with Gasteiger partial charge in [-0.05, 0) is 18.6 Å². The van der Waals surface area contributed by atoms with Crippen LogP contribution in [0.15, 0.2) is 35.8 Å². The van der Waals surface area contributed by atoms with Gasteiger partial charge in [0.05, 0.1) is 0 Å². The minimum atomic E-state index is 0.0591. The van der Waals surface area contributed by atoms with Gasteiger partial charge in [-0.1, -0.05) is 19.1 Å². The largest absolute Gasteiger partial charge is 0.326 e. The number of nitrogens with zero attached hydrogens (tertiary/aromatic N) is 1. The summed E-state index contributed by atoms with van der Waals surface area (Å²) in [5.41, 5.74) is 1.87. The van der Waals surface area contributed by atoms with Crippen molar-refractivity contribution in [3.63, 3.8) is 0 Å². The predicted octanol–water partition coefficient (Wildman–Crippen LogP) is 3.55. The summed E-state index contributed by atoms with van der Waals surface area (Å²) in [5, 5.41) is 5.79. The molecule has 0 atom stereocenters. The van der Waals surface area contributed by atoms with Crippen molar-refractivity contribution in [1.29, 1.82) is 0 Å². The van der Waals surface area contributed by atoms with Crippen LogP contribution >= 0.6 is 11.3 Å². The Morgan fingerprint density at radius 1 is 1.47 bits per heavy atom. The molecule has 0 bridgehead atoms. The first-order valence-corrected chi connectivity index (χ1v) is 6.47. The lowest BCUT2D eigenvalue weighted by Gasteiger charge is -2.05. The first-order chi connectivity index (χ1) is 8.29. The van der Waals surface area contributed by atoms with Gasteiger partial charge in [0.1, 0.15) is 5.01 Å². The summed E-state index contributed by atoms with van der Waals surface area (Å²) in [5.74, 6) is 0.0591. The van der Waals surface area contributed by atoms with E-state index in [1.807, 2.05) is 36.6 Å². The van der Waals surface area contributed by atoms with Gasteiger partial charge in [0, 0.05) is 29.2 Å². The first kappa shape index (κ1) is 11.8. The molecule has 0 aliphatic rings. The second-order valence-corrected chi connectivity index (χ2v) is 4.61. The van der Waals surface area contributed by atoms with E-state index in [9.17, 15) is 4.79 Å². The fourth-order valence-electron chi connectivity index (χ4n) is 1.55. The van der Waals surface area contributed by atoms with E-state index in [0.717, 1.165) is 22.7 Å². The molecule has 0 radical (unpaired) electrons. The quantitative estimate of drug-likeness (QED) is 0.896. The first-order valence-electron chi connectivity index (χ1n) is 5.59. The Hall–Kier alpha value is -1.68. The molecule has 3 nitrogen and oxygen atoms in total. The molecule has 1 aromatic carbocycles. The Balaban J connectivity index is 2.15. The molecular formula is C13H14N2OS. The number of thiazole rings is 1. The average Bonchev–Trinajstić information content (AvgIpc) is 2.83. The minimum absolute atomic E-state index is 0.0591. The third-order valence-electron chi connectivity index (χ3n) is 2.30. The summed E-state index contributed by atoms with van der Waals surface area (Å²) in [6.45, 7) is 1.99. The molecule has 0 aliphatic heterocycles. The molecule has 2 aromatic rings. The Labute approximate surface area is 105 Å². The van der Waals surface area contributed by atoms with Gasteiger partial charge in [0.15, 0.2) is 0 Å². The SMILES string of the molecule is CCCC(=O)Nc1cccc(-c2nccs2)c1. The molecule has 0 spiro atoms. The highest BCUT2D eigenvalue weighted by Crippen LogP contribution is 2.24. The number of aromatic nitrogens is 1. The van der Waals surface area contributed by atoms with Crippen molar-refractivity contribution in [3.8, 4) is 10.6 Å². The molecule has 2 rings (SSSR count). The van der Waals surface area contributed by atoms with Crippen LogP contribution in [0.4, 0.5) is 5.69 Å². The van der Waals surface area contributed by atoms with Crippen molar-refractivity contribution >= 4 is 22.9 Å². The van der Waals surface area contributed by atoms with Gasteiger partial charge < -0.3 is 5.32 Å². The highest BCUT2D eigenvalue weighted by Gasteiger charge is 2.04. The molecular weight excluding hydrogens is 232 g/mol. The molecule has 0 fully saturated rings. The number of hydrogen-bond donors (Lipinski definition) is 1. The molecule has 0 aliphatic carbocycles. The average molecular weight is 246 g/mol. The number of amides is 1. The molecule has 1 N–H and O–H groups in total. The summed E-state index contributed by atoms with van der Waals surface area (Å²) in [4.78, 5) is 15.7. The normalized spacial score (nSPS) is 10.2. The van der Waals surface area contributed by atoms with Crippen molar-refractivity contribution in [2.45, 2.75) is 19.8 Å². The minimum Gasteiger partial charge on any atom is -0.326 e. The van der Waals surface area contributed by atoms with E-state index in [2.05, 4.69) is 10.3 Å². The summed E-state index contributed by atoms with van der Waals surface area (Å²) in [7, 11) is 0. The van der Waals surface area contributed by atoms with Crippen LogP contribution in [0, 0.1) is 0 Å². The van der Waals surface area contributed by atoms with Gasteiger partial charge in [0.25, 0.3) is 0 Å². The Morgan fingerprint density at radius 2 is 2.35 bits per heavy atom. The van der Waals surface area contributed by atoms with Crippen molar-refractivity contribution in [1.82, 2.24) is 4.98 Å². The maximum absolute atomic E-state index is 11.5. The smallest absolute Gasteiger partial charge is 0.224 e. The summed E-state index contributed by atoms with van der Waals surface area (Å²) < 4.78 is 0. The van der Waals surface area contributed by atoms with Gasteiger partial charge in [-0.3, -0.25) is 4.79 Å². The third-order valence-corrected chi connectivity index (χ3v) is 3.12. The highest BCUT2D eigenvalue weighted by atomic mass is 32.1. The Bertz CT molecular complexity index is 494. The van der Waals surface area contributed by atoms with Crippen LogP contribution in [0.2, 0.25) is 0 Å². The fourth-order valence-corrected chi connectivity index (χ4v) is 2.18. The van der Waals surface area contributed by atoms with Crippen molar-refractivity contribution in [2.75, 3.05) is 5.32 Å². The van der Waals surface area contributed by atoms with Gasteiger partial charge in [-0.25, -0.2) is 4.98 Å². The molecule has 0 saturated heterocycles. The standard InChI is InChI=1S/C13H14N2OS/c1-2-4-12(16)15-11-6-3-5-10(9-11)13-14-7-8-17-13/h3,5-9H,2,4H2,1H3,(H,15,16). The van der Waals surface area contributed by atoms with Crippen molar-refractivity contribution in [2.24, 2.45) is 0 Å². The molecule has 1 amide bonds. The number of benzene rings is 1. The van der Waals surface area contributed by atoms with E-state index in [0.29, 0.717) is 6.42 Å². The molecule has 0 saturated carbocycles. The summed E-state index contributed by atoms with van der Waals surface area (Å²) in [6.07, 6.45) is 3.20. The molecule has 1 aromatic heterocycles. The van der Waals surface area contributed by atoms with Crippen molar-refractivity contribution in [3.05, 3.63) is 35.8 Å². The van der Waals surface area contributed by atoms with Crippen LogP contribution in [0.1, 0.15) is 19.8 Å². The van der Waals surface area contributed by atoms with E-state index in [1.165, 1.54) is 0 Å². The van der Waals surface area contributed by atoms with Crippen LogP contribution < -0.4 is 5.32 Å². The van der Waals surface area contributed by atoms with Crippen LogP contribution in [-0.2, 0) is 4.79 Å². The lowest BCUT2D eigenvalue weighted by Crippen LogP contribution is -2.10. The molecule has 4 heteroatoms. The van der Waals surface area contributed by atoms with Crippen molar-refractivity contribution < 1.29 is 4.79 Å². The summed E-state index contributed by atoms with van der Waals surface area (Å²) in [6, 6.07) is 7.77. The maximum Gasteiger partial charge on any atom is 0.224 e. The molecule has 0 unspecified atom stereocenters. The van der Waals surface area contributed by atoms with Gasteiger partial charge in [-0.2, -0.15) is 0 Å². The Morgan fingerprint density at radius 3 is 3.06 bits per heavy atom.